The van der Waals surface area contributed by atoms with Gasteiger partial charge in [-0.25, -0.2) is 0 Å². The van der Waals surface area contributed by atoms with E-state index in [2.05, 4.69) is 43.3 Å². The molecule has 26 heavy (non-hydrogen) atoms. The number of anilines is 1. The van der Waals surface area contributed by atoms with E-state index in [0.717, 1.165) is 15.7 Å². The van der Waals surface area contributed by atoms with Gasteiger partial charge in [0.05, 0.1) is 0 Å². The van der Waals surface area contributed by atoms with Crippen LogP contribution in [0, 0.1) is 0 Å². The van der Waals surface area contributed by atoms with Gasteiger partial charge < -0.3 is 10.2 Å². The molecule has 0 aliphatic carbocycles. The minimum Gasteiger partial charge on any atom is -0.340 e. The molecule has 0 saturated heterocycles. The minimum atomic E-state index is 0.652. The van der Waals surface area contributed by atoms with Gasteiger partial charge in [-0.15, -0.1) is 0 Å². The van der Waals surface area contributed by atoms with E-state index < -0.39 is 0 Å². The van der Waals surface area contributed by atoms with Crippen LogP contribution in [0.1, 0.15) is 11.1 Å². The monoisotopic (exact) mass is 445 g/mol. The third kappa shape index (κ3) is 5.53. The second kappa shape index (κ2) is 9.12. The molecule has 132 valence electrons. The van der Waals surface area contributed by atoms with Crippen LogP contribution >= 0.6 is 39.7 Å². The molecule has 3 aromatic rings. The van der Waals surface area contributed by atoms with E-state index in [1.165, 1.54) is 5.56 Å². The quantitative estimate of drug-likeness (QED) is 0.494. The molecular formula is C20H17BrClN3S. The van der Waals surface area contributed by atoms with Crippen molar-refractivity contribution < 1.29 is 0 Å². The van der Waals surface area contributed by atoms with E-state index in [-0.39, 0.29) is 0 Å². The van der Waals surface area contributed by atoms with Gasteiger partial charge in [0, 0.05) is 40.7 Å². The lowest BCUT2D eigenvalue weighted by molar-refractivity contribution is 0.412. The number of nitrogens with one attached hydrogen (secondary N) is 1. The summed E-state index contributed by atoms with van der Waals surface area (Å²) in [5, 5.41) is 4.64. The fraction of sp³-hybridized carbons (Fsp3) is 0.100. The van der Waals surface area contributed by atoms with Crippen LogP contribution in [-0.2, 0) is 13.1 Å². The lowest BCUT2D eigenvalue weighted by Crippen LogP contribution is -2.33. The highest BCUT2D eigenvalue weighted by atomic mass is 79.9. The van der Waals surface area contributed by atoms with Crippen LogP contribution < -0.4 is 5.32 Å². The number of hydrogen-bond donors (Lipinski definition) is 1. The zero-order valence-corrected chi connectivity index (χ0v) is 17.1. The Labute approximate surface area is 172 Å². The summed E-state index contributed by atoms with van der Waals surface area (Å²) in [4.78, 5) is 6.31. The van der Waals surface area contributed by atoms with Crippen LogP contribution in [0.15, 0.2) is 77.5 Å². The van der Waals surface area contributed by atoms with Crippen LogP contribution in [0.25, 0.3) is 0 Å². The first kappa shape index (κ1) is 18.8. The fourth-order valence-corrected chi connectivity index (χ4v) is 3.09. The Balaban J connectivity index is 1.77. The van der Waals surface area contributed by atoms with Crippen molar-refractivity contribution >= 4 is 50.5 Å². The summed E-state index contributed by atoms with van der Waals surface area (Å²) in [6, 6.07) is 19.7. The number of halogens is 2. The van der Waals surface area contributed by atoms with Crippen molar-refractivity contribution in [3.8, 4) is 0 Å². The van der Waals surface area contributed by atoms with Crippen LogP contribution in [0.5, 0.6) is 0 Å². The van der Waals surface area contributed by atoms with Crippen LogP contribution in [-0.4, -0.2) is 15.0 Å². The van der Waals surface area contributed by atoms with Crippen molar-refractivity contribution in [2.45, 2.75) is 13.1 Å². The average molecular weight is 447 g/mol. The molecule has 0 aliphatic heterocycles. The zero-order valence-electron chi connectivity index (χ0n) is 13.9. The van der Waals surface area contributed by atoms with Crippen molar-refractivity contribution in [1.82, 2.24) is 9.88 Å². The highest BCUT2D eigenvalue weighted by Gasteiger charge is 2.12. The summed E-state index contributed by atoms with van der Waals surface area (Å²) in [7, 11) is 0. The number of aromatic nitrogens is 1. The third-order valence-electron chi connectivity index (χ3n) is 3.77. The maximum atomic E-state index is 5.96. The van der Waals surface area contributed by atoms with Crippen molar-refractivity contribution in [3.63, 3.8) is 0 Å². The van der Waals surface area contributed by atoms with E-state index in [1.54, 1.807) is 6.20 Å². The number of benzene rings is 2. The Morgan fingerprint density at radius 2 is 1.69 bits per heavy atom. The fourth-order valence-electron chi connectivity index (χ4n) is 2.46. The predicted octanol–water partition coefficient (Wildman–Crippen LogP) is 5.90. The molecule has 6 heteroatoms. The molecule has 1 aromatic heterocycles. The van der Waals surface area contributed by atoms with Gasteiger partial charge in [0.25, 0.3) is 0 Å². The number of pyridine rings is 1. The summed E-state index contributed by atoms with van der Waals surface area (Å²) in [5.74, 6) is 0. The van der Waals surface area contributed by atoms with Crippen LogP contribution in [0.2, 0.25) is 5.02 Å². The molecule has 0 bridgehead atoms. The van der Waals surface area contributed by atoms with Crippen molar-refractivity contribution in [2.24, 2.45) is 0 Å². The van der Waals surface area contributed by atoms with Crippen molar-refractivity contribution in [1.29, 1.82) is 0 Å². The topological polar surface area (TPSA) is 28.2 Å². The van der Waals surface area contributed by atoms with Crippen LogP contribution in [0.3, 0.4) is 0 Å². The number of thiocarbonyl (C=S) groups is 1. The third-order valence-corrected chi connectivity index (χ3v) is 4.91. The number of hydrogen-bond acceptors (Lipinski definition) is 2. The van der Waals surface area contributed by atoms with Gasteiger partial charge in [-0.3, -0.25) is 4.98 Å². The van der Waals surface area contributed by atoms with Gasteiger partial charge in [-0.1, -0.05) is 45.7 Å². The van der Waals surface area contributed by atoms with Crippen molar-refractivity contribution in [3.05, 3.63) is 93.7 Å². The van der Waals surface area contributed by atoms with E-state index in [1.807, 2.05) is 54.7 Å². The summed E-state index contributed by atoms with van der Waals surface area (Å²) < 4.78 is 1.06. The van der Waals surface area contributed by atoms with Gasteiger partial charge >= 0.3 is 0 Å². The molecule has 1 heterocycles. The largest absolute Gasteiger partial charge is 0.340 e. The second-order valence-electron chi connectivity index (χ2n) is 5.78. The van der Waals surface area contributed by atoms with Crippen molar-refractivity contribution in [2.75, 3.05) is 5.32 Å². The predicted molar refractivity (Wildman–Crippen MR) is 115 cm³/mol. The van der Waals surface area contributed by atoms with E-state index in [4.69, 9.17) is 23.8 Å². The first-order valence-corrected chi connectivity index (χ1v) is 9.63. The van der Waals surface area contributed by atoms with Gasteiger partial charge in [-0.05, 0) is 65.8 Å². The van der Waals surface area contributed by atoms with Gasteiger partial charge in [-0.2, -0.15) is 0 Å². The molecular weight excluding hydrogens is 430 g/mol. The molecule has 2 aromatic carbocycles. The Hall–Kier alpha value is -1.95. The average Bonchev–Trinajstić information content (AvgIpc) is 2.65. The zero-order chi connectivity index (χ0) is 18.4. The minimum absolute atomic E-state index is 0.652. The molecule has 0 atom stereocenters. The molecule has 0 amide bonds. The molecule has 0 unspecified atom stereocenters. The lowest BCUT2D eigenvalue weighted by atomic mass is 10.2. The standard InChI is InChI=1S/C20H17BrClN3S/c21-17-5-3-15(4-6-17)13-25(14-16-2-1-11-23-12-16)20(26)24-19-9-7-18(22)8-10-19/h1-12H,13-14H2,(H,24,26). The number of rotatable bonds is 5. The Bertz CT molecular complexity index is 854. The summed E-state index contributed by atoms with van der Waals surface area (Å²) in [6.07, 6.45) is 3.63. The molecule has 0 spiro atoms. The molecule has 0 radical (unpaired) electrons. The molecule has 0 aliphatic rings. The number of nitrogens with zero attached hydrogens (tertiary/aromatic N) is 2. The Kier molecular flexibility index (Phi) is 6.61. The molecule has 3 nitrogen and oxygen atoms in total. The lowest BCUT2D eigenvalue weighted by Gasteiger charge is -2.26. The molecule has 1 N–H and O–H groups in total. The Morgan fingerprint density at radius 1 is 1.00 bits per heavy atom. The SMILES string of the molecule is S=C(Nc1ccc(Cl)cc1)N(Cc1ccc(Br)cc1)Cc1cccnc1. The summed E-state index contributed by atoms with van der Waals surface area (Å²) in [5.41, 5.74) is 3.19. The van der Waals surface area contributed by atoms with E-state index in [9.17, 15) is 0 Å². The Morgan fingerprint density at radius 3 is 2.35 bits per heavy atom. The van der Waals surface area contributed by atoms with Gasteiger partial charge in [0.2, 0.25) is 0 Å². The van der Waals surface area contributed by atoms with E-state index >= 15 is 0 Å². The molecule has 0 saturated carbocycles. The van der Waals surface area contributed by atoms with Gasteiger partial charge in [0.1, 0.15) is 0 Å². The maximum absolute atomic E-state index is 5.96. The first-order chi connectivity index (χ1) is 12.6. The smallest absolute Gasteiger partial charge is 0.174 e. The summed E-state index contributed by atoms with van der Waals surface area (Å²) >= 11 is 15.1. The highest BCUT2D eigenvalue weighted by molar-refractivity contribution is 9.10. The molecule has 0 fully saturated rings. The molecule has 3 rings (SSSR count). The normalized spacial score (nSPS) is 10.4. The maximum Gasteiger partial charge on any atom is 0.174 e. The van der Waals surface area contributed by atoms with Gasteiger partial charge in [0.15, 0.2) is 5.11 Å². The summed E-state index contributed by atoms with van der Waals surface area (Å²) in [6.45, 7) is 1.37. The van der Waals surface area contributed by atoms with E-state index in [0.29, 0.717) is 23.2 Å². The second-order valence-corrected chi connectivity index (χ2v) is 7.52. The highest BCUT2D eigenvalue weighted by Crippen LogP contribution is 2.17. The first-order valence-electron chi connectivity index (χ1n) is 8.05. The van der Waals surface area contributed by atoms with Crippen LogP contribution in [0.4, 0.5) is 5.69 Å².